The number of benzene rings is 4. The topological polar surface area (TPSA) is 26.3 Å². The van der Waals surface area contributed by atoms with Crippen LogP contribution in [-0.4, -0.2) is 0 Å². The third kappa shape index (κ3) is 2.76. The second-order valence-electron chi connectivity index (χ2n) is 8.26. The van der Waals surface area contributed by atoms with Crippen molar-refractivity contribution in [3.8, 4) is 0 Å². The van der Waals surface area contributed by atoms with Crippen LogP contribution in [0.3, 0.4) is 0 Å². The molecule has 1 heterocycles. The summed E-state index contributed by atoms with van der Waals surface area (Å²) in [7, 11) is 0. The zero-order chi connectivity index (χ0) is 20.9. The Balaban J connectivity index is 1.87. The molecule has 1 aliphatic heterocycles. The van der Waals surface area contributed by atoms with Gasteiger partial charge in [-0.25, -0.2) is 0 Å². The molecule has 0 saturated carbocycles. The smallest absolute Gasteiger partial charge is 0.0492 e. The normalized spacial score (nSPS) is 14.2. The van der Waals surface area contributed by atoms with Crippen molar-refractivity contribution in [2.75, 3.05) is 4.90 Å². The number of nitrogens with zero attached hydrogens (tertiary/aromatic N) is 1. The van der Waals surface area contributed by atoms with Crippen molar-refractivity contribution in [2.45, 2.75) is 26.4 Å². The summed E-state index contributed by atoms with van der Waals surface area (Å²) < 4.78 is 0. The van der Waals surface area contributed by atoms with E-state index in [2.05, 4.69) is 72.5 Å². The van der Waals surface area contributed by atoms with E-state index in [9.17, 15) is 5.11 Å². The molecule has 0 aromatic heterocycles. The second kappa shape index (κ2) is 6.86. The number of anilines is 3. The molecule has 4 aromatic carbocycles. The fourth-order valence-corrected chi connectivity index (χ4v) is 4.48. The largest absolute Gasteiger partial charge is 0.839 e. The fourth-order valence-electron chi connectivity index (χ4n) is 4.48. The molecule has 0 N–H and O–H groups in total. The molecule has 1 aliphatic rings. The highest BCUT2D eigenvalue weighted by atomic mass is 16.3. The Hall–Kier alpha value is -3.36. The van der Waals surface area contributed by atoms with E-state index in [0.29, 0.717) is 0 Å². The van der Waals surface area contributed by atoms with Crippen LogP contribution in [0.5, 0.6) is 0 Å². The lowest BCUT2D eigenvalue weighted by molar-refractivity contribution is -0.455. The summed E-state index contributed by atoms with van der Waals surface area (Å²) in [5.41, 5.74) is 7.24. The Bertz CT molecular complexity index is 1170. The third-order valence-corrected chi connectivity index (χ3v) is 6.02. The molecule has 2 nitrogen and oxygen atoms in total. The Kier molecular flexibility index (Phi) is 4.27. The lowest BCUT2D eigenvalue weighted by Gasteiger charge is -2.51. The average Bonchev–Trinajstić information content (AvgIpc) is 2.76. The van der Waals surface area contributed by atoms with E-state index in [1.807, 2.05) is 44.2 Å². The van der Waals surface area contributed by atoms with Gasteiger partial charge in [-0.3, -0.25) is 0 Å². The van der Waals surface area contributed by atoms with Gasteiger partial charge in [0.25, 0.3) is 0 Å². The Morgan fingerprint density at radius 1 is 0.600 bits per heavy atom. The molecule has 0 amide bonds. The molecule has 0 unspecified atom stereocenters. The maximum Gasteiger partial charge on any atom is 0.0492 e. The zero-order valence-corrected chi connectivity index (χ0v) is 17.5. The van der Waals surface area contributed by atoms with Gasteiger partial charge >= 0.3 is 0 Å². The van der Waals surface area contributed by atoms with Crippen molar-refractivity contribution < 1.29 is 5.11 Å². The first-order chi connectivity index (χ1) is 14.5. The highest BCUT2D eigenvalue weighted by Gasteiger charge is 2.36. The molecule has 4 aromatic rings. The summed E-state index contributed by atoms with van der Waals surface area (Å²) in [5, 5.41) is 14.9. The molecule has 0 spiro atoms. The molecule has 148 valence electrons. The predicted octanol–water partition coefficient (Wildman–Crippen LogP) is 6.05. The monoisotopic (exact) mass is 390 g/mol. The summed E-state index contributed by atoms with van der Waals surface area (Å²) in [6.07, 6.45) is 0. The van der Waals surface area contributed by atoms with Gasteiger partial charge in [0, 0.05) is 17.1 Å². The van der Waals surface area contributed by atoms with Crippen molar-refractivity contribution in [3.63, 3.8) is 0 Å². The minimum Gasteiger partial charge on any atom is -0.839 e. The number of rotatable bonds is 2. The molecule has 0 atom stereocenters. The van der Waals surface area contributed by atoms with Crippen LogP contribution in [0, 0.1) is 20.8 Å². The Morgan fingerprint density at radius 2 is 1.10 bits per heavy atom. The van der Waals surface area contributed by atoms with E-state index in [-0.39, 0.29) is 0 Å². The summed E-state index contributed by atoms with van der Waals surface area (Å²) in [4.78, 5) is 2.22. The van der Waals surface area contributed by atoms with E-state index in [1.54, 1.807) is 0 Å². The minimum atomic E-state index is -1.47. The highest BCUT2D eigenvalue weighted by molar-refractivity contribution is 5.87. The zero-order valence-electron chi connectivity index (χ0n) is 17.5. The molecule has 0 radical (unpaired) electrons. The van der Waals surface area contributed by atoms with E-state index in [4.69, 9.17) is 0 Å². The van der Waals surface area contributed by atoms with Crippen molar-refractivity contribution in [1.82, 2.24) is 0 Å². The van der Waals surface area contributed by atoms with Crippen LogP contribution in [0.2, 0.25) is 0 Å². The maximum atomic E-state index is 14.9. The van der Waals surface area contributed by atoms with E-state index in [0.717, 1.165) is 44.9 Å². The molecular formula is C28H24NO-. The third-order valence-electron chi connectivity index (χ3n) is 6.02. The number of fused-ring (bicyclic) bond motifs is 2. The van der Waals surface area contributed by atoms with Gasteiger partial charge in [0.2, 0.25) is 0 Å². The van der Waals surface area contributed by atoms with Crippen molar-refractivity contribution in [3.05, 3.63) is 124 Å². The van der Waals surface area contributed by atoms with E-state index < -0.39 is 5.60 Å². The van der Waals surface area contributed by atoms with Crippen LogP contribution in [0.4, 0.5) is 17.1 Å². The lowest BCUT2D eigenvalue weighted by Crippen LogP contribution is -2.47. The van der Waals surface area contributed by atoms with Crippen LogP contribution in [-0.2, 0) is 5.60 Å². The Morgan fingerprint density at radius 3 is 1.63 bits per heavy atom. The van der Waals surface area contributed by atoms with Crippen LogP contribution in [0.15, 0.2) is 91.0 Å². The van der Waals surface area contributed by atoms with Gasteiger partial charge < -0.3 is 10.0 Å². The van der Waals surface area contributed by atoms with Crippen molar-refractivity contribution >= 4 is 17.1 Å². The molecule has 0 aliphatic carbocycles. The van der Waals surface area contributed by atoms with Crippen molar-refractivity contribution in [1.29, 1.82) is 0 Å². The number of aryl methyl sites for hydroxylation is 3. The predicted molar refractivity (Wildman–Crippen MR) is 122 cm³/mol. The SMILES string of the molecule is Cc1ccc(N2c3ccc(C)cc3C([O-])(c3ccccc3)c3cc(C)ccc32)cc1. The molecule has 30 heavy (non-hydrogen) atoms. The lowest BCUT2D eigenvalue weighted by atomic mass is 9.75. The second-order valence-corrected chi connectivity index (χ2v) is 8.26. The molecular weight excluding hydrogens is 366 g/mol. The first-order valence-corrected chi connectivity index (χ1v) is 10.3. The van der Waals surface area contributed by atoms with Gasteiger partial charge in [-0.15, -0.1) is 0 Å². The number of hydrogen-bond donors (Lipinski definition) is 0. The molecule has 5 rings (SSSR count). The highest BCUT2D eigenvalue weighted by Crippen LogP contribution is 2.52. The van der Waals surface area contributed by atoms with Gasteiger partial charge in [-0.2, -0.15) is 0 Å². The first kappa shape index (κ1) is 18.7. The summed E-state index contributed by atoms with van der Waals surface area (Å²) in [6.45, 7) is 6.19. The van der Waals surface area contributed by atoms with Crippen LogP contribution < -0.4 is 10.0 Å². The molecule has 2 heteroatoms. The Labute approximate surface area is 178 Å². The summed E-state index contributed by atoms with van der Waals surface area (Å²) in [6, 6.07) is 30.7. The fraction of sp³-hybridized carbons (Fsp3) is 0.143. The standard InChI is InChI=1S/C28H24NO/c1-19-9-13-23(14-10-19)29-26-15-11-20(2)17-24(26)28(30,22-7-5-4-6-8-22)25-18-21(3)12-16-27(25)29/h4-18H,1-3H3/q-1. The summed E-state index contributed by atoms with van der Waals surface area (Å²) in [5.74, 6) is 0. The number of hydrogen-bond acceptors (Lipinski definition) is 2. The van der Waals surface area contributed by atoms with Gasteiger partial charge in [-0.1, -0.05) is 83.4 Å². The van der Waals surface area contributed by atoms with Crippen LogP contribution >= 0.6 is 0 Å². The quantitative estimate of drug-likeness (QED) is 0.417. The molecule has 0 bridgehead atoms. The van der Waals surface area contributed by atoms with Gasteiger partial charge in [-0.05, 0) is 67.3 Å². The van der Waals surface area contributed by atoms with Gasteiger partial charge in [0.1, 0.15) is 0 Å². The average molecular weight is 391 g/mol. The minimum absolute atomic E-state index is 0.771. The molecule has 0 fully saturated rings. The van der Waals surface area contributed by atoms with Crippen molar-refractivity contribution in [2.24, 2.45) is 0 Å². The maximum absolute atomic E-state index is 14.9. The molecule has 0 saturated heterocycles. The van der Waals surface area contributed by atoms with Gasteiger partial charge in [0.05, 0.1) is 0 Å². The van der Waals surface area contributed by atoms with E-state index >= 15 is 0 Å². The first-order valence-electron chi connectivity index (χ1n) is 10.3. The van der Waals surface area contributed by atoms with Crippen LogP contribution in [0.25, 0.3) is 0 Å². The van der Waals surface area contributed by atoms with Gasteiger partial charge in [0.15, 0.2) is 0 Å². The summed E-state index contributed by atoms with van der Waals surface area (Å²) >= 11 is 0. The van der Waals surface area contributed by atoms with Crippen LogP contribution in [0.1, 0.15) is 33.4 Å². The van der Waals surface area contributed by atoms with E-state index in [1.165, 1.54) is 5.56 Å².